The lowest BCUT2D eigenvalue weighted by Gasteiger charge is -2.17. The zero-order valence-electron chi connectivity index (χ0n) is 12.3. The van der Waals surface area contributed by atoms with Crippen LogP contribution in [0, 0.1) is 0 Å². The summed E-state index contributed by atoms with van der Waals surface area (Å²) < 4.78 is 10.6. The first-order valence-electron chi connectivity index (χ1n) is 6.90. The van der Waals surface area contributed by atoms with Gasteiger partial charge in [-0.1, -0.05) is 6.07 Å². The minimum Gasteiger partial charge on any atom is -0.497 e. The van der Waals surface area contributed by atoms with Crippen LogP contribution in [-0.2, 0) is 0 Å². The molecule has 1 aromatic heterocycles. The van der Waals surface area contributed by atoms with Crippen LogP contribution in [0.25, 0.3) is 0 Å². The predicted octanol–water partition coefficient (Wildman–Crippen LogP) is 2.85. The average Bonchev–Trinajstić information content (AvgIpc) is 3.05. The summed E-state index contributed by atoms with van der Waals surface area (Å²) in [6.45, 7) is 2.84. The molecule has 114 valence electrons. The summed E-state index contributed by atoms with van der Waals surface area (Å²) in [5.41, 5.74) is 0. The number of aliphatic hydroxyl groups is 1. The Hall–Kier alpha value is -1.56. The number of hydrogen-bond acceptors (Lipinski definition) is 5. The van der Waals surface area contributed by atoms with Gasteiger partial charge < -0.3 is 19.9 Å². The third kappa shape index (κ3) is 5.04. The van der Waals surface area contributed by atoms with E-state index in [9.17, 15) is 5.11 Å². The van der Waals surface area contributed by atoms with E-state index in [0.717, 1.165) is 11.5 Å². The lowest BCUT2D eigenvalue weighted by atomic mass is 10.2. The maximum atomic E-state index is 9.95. The third-order valence-electron chi connectivity index (χ3n) is 3.13. The Morgan fingerprint density at radius 1 is 1.19 bits per heavy atom. The molecule has 0 aliphatic heterocycles. The number of thiophene rings is 1. The van der Waals surface area contributed by atoms with E-state index in [-0.39, 0.29) is 12.6 Å². The largest absolute Gasteiger partial charge is 0.497 e. The summed E-state index contributed by atoms with van der Waals surface area (Å²) in [4.78, 5) is 1.26. The van der Waals surface area contributed by atoms with Crippen LogP contribution >= 0.6 is 11.3 Å². The van der Waals surface area contributed by atoms with Crippen LogP contribution in [0.2, 0.25) is 0 Å². The van der Waals surface area contributed by atoms with Crippen LogP contribution in [0.3, 0.4) is 0 Å². The molecule has 0 saturated heterocycles. The number of ether oxygens (including phenoxy) is 2. The van der Waals surface area contributed by atoms with Gasteiger partial charge in [0.25, 0.3) is 0 Å². The molecule has 2 aromatic rings. The number of rotatable bonds is 8. The van der Waals surface area contributed by atoms with E-state index in [1.54, 1.807) is 18.4 Å². The number of nitrogens with one attached hydrogen (secondary N) is 1. The van der Waals surface area contributed by atoms with Gasteiger partial charge in [0.1, 0.15) is 24.2 Å². The van der Waals surface area contributed by atoms with Gasteiger partial charge in [0.15, 0.2) is 0 Å². The Bertz CT molecular complexity index is 513. The van der Waals surface area contributed by atoms with Crippen molar-refractivity contribution in [3.8, 4) is 11.5 Å². The van der Waals surface area contributed by atoms with Crippen molar-refractivity contribution in [2.75, 3.05) is 20.3 Å². The molecule has 0 radical (unpaired) electrons. The highest BCUT2D eigenvalue weighted by molar-refractivity contribution is 7.10. The van der Waals surface area contributed by atoms with Gasteiger partial charge in [-0.05, 0) is 42.6 Å². The van der Waals surface area contributed by atoms with Gasteiger partial charge in [0.2, 0.25) is 0 Å². The first-order chi connectivity index (χ1) is 10.2. The number of benzene rings is 1. The van der Waals surface area contributed by atoms with Crippen molar-refractivity contribution in [2.45, 2.75) is 19.1 Å². The smallest absolute Gasteiger partial charge is 0.119 e. The van der Waals surface area contributed by atoms with E-state index in [1.807, 2.05) is 30.3 Å². The van der Waals surface area contributed by atoms with Gasteiger partial charge in [-0.2, -0.15) is 0 Å². The Labute approximate surface area is 129 Å². The van der Waals surface area contributed by atoms with Gasteiger partial charge >= 0.3 is 0 Å². The molecule has 2 N–H and O–H groups in total. The van der Waals surface area contributed by atoms with Crippen molar-refractivity contribution in [2.24, 2.45) is 0 Å². The second-order valence-corrected chi connectivity index (χ2v) is 5.76. The van der Waals surface area contributed by atoms with Crippen LogP contribution in [0.1, 0.15) is 17.8 Å². The van der Waals surface area contributed by atoms with Crippen molar-refractivity contribution in [3.63, 3.8) is 0 Å². The molecule has 21 heavy (non-hydrogen) atoms. The Kier molecular flexibility index (Phi) is 6.04. The van der Waals surface area contributed by atoms with E-state index >= 15 is 0 Å². The van der Waals surface area contributed by atoms with E-state index in [0.29, 0.717) is 6.54 Å². The topological polar surface area (TPSA) is 50.7 Å². The molecule has 0 aliphatic carbocycles. The fraction of sp³-hybridized carbons (Fsp3) is 0.375. The molecule has 2 rings (SSSR count). The van der Waals surface area contributed by atoms with Gasteiger partial charge in [0, 0.05) is 17.5 Å². The zero-order chi connectivity index (χ0) is 15.1. The fourth-order valence-corrected chi connectivity index (χ4v) is 2.63. The molecule has 2 unspecified atom stereocenters. The summed E-state index contributed by atoms with van der Waals surface area (Å²) in [6.07, 6.45) is -0.547. The van der Waals surface area contributed by atoms with Gasteiger partial charge in [-0.3, -0.25) is 0 Å². The van der Waals surface area contributed by atoms with Crippen LogP contribution in [0.4, 0.5) is 0 Å². The number of aliphatic hydroxyl groups excluding tert-OH is 1. The summed E-state index contributed by atoms with van der Waals surface area (Å²) in [6, 6.07) is 11.7. The van der Waals surface area contributed by atoms with E-state index < -0.39 is 6.10 Å². The second kappa shape index (κ2) is 8.02. The maximum Gasteiger partial charge on any atom is 0.119 e. The summed E-state index contributed by atoms with van der Waals surface area (Å²) in [5.74, 6) is 1.51. The van der Waals surface area contributed by atoms with E-state index in [1.165, 1.54) is 4.88 Å². The van der Waals surface area contributed by atoms with Crippen molar-refractivity contribution < 1.29 is 14.6 Å². The Morgan fingerprint density at radius 3 is 2.52 bits per heavy atom. The molecule has 2 atom stereocenters. The number of hydrogen-bond donors (Lipinski definition) is 2. The molecule has 0 spiro atoms. The molecule has 4 nitrogen and oxygen atoms in total. The summed E-state index contributed by atoms with van der Waals surface area (Å²) in [5, 5.41) is 15.3. The molecule has 0 bridgehead atoms. The molecule has 1 aromatic carbocycles. The first kappa shape index (κ1) is 15.8. The molecular weight excluding hydrogens is 286 g/mol. The SMILES string of the molecule is COc1ccc(OCC(O)CNC(C)c2cccs2)cc1. The van der Waals surface area contributed by atoms with Crippen molar-refractivity contribution >= 4 is 11.3 Å². The molecule has 0 saturated carbocycles. The highest BCUT2D eigenvalue weighted by Crippen LogP contribution is 2.18. The fourth-order valence-electron chi connectivity index (χ4n) is 1.87. The molecular formula is C16H21NO3S. The van der Waals surface area contributed by atoms with Crippen molar-refractivity contribution in [1.29, 1.82) is 0 Å². The minimum atomic E-state index is -0.547. The van der Waals surface area contributed by atoms with Crippen LogP contribution in [0.15, 0.2) is 41.8 Å². The van der Waals surface area contributed by atoms with Gasteiger partial charge in [0.05, 0.1) is 7.11 Å². The van der Waals surface area contributed by atoms with Crippen LogP contribution in [-0.4, -0.2) is 31.5 Å². The normalized spacial score (nSPS) is 13.7. The first-order valence-corrected chi connectivity index (χ1v) is 7.78. The van der Waals surface area contributed by atoms with Gasteiger partial charge in [-0.15, -0.1) is 11.3 Å². The molecule has 0 amide bonds. The van der Waals surface area contributed by atoms with Crippen molar-refractivity contribution in [1.82, 2.24) is 5.32 Å². The van der Waals surface area contributed by atoms with Crippen LogP contribution < -0.4 is 14.8 Å². The molecule has 0 fully saturated rings. The second-order valence-electron chi connectivity index (χ2n) is 4.79. The zero-order valence-corrected chi connectivity index (χ0v) is 13.1. The minimum absolute atomic E-state index is 0.237. The lowest BCUT2D eigenvalue weighted by molar-refractivity contribution is 0.104. The highest BCUT2D eigenvalue weighted by atomic mass is 32.1. The van der Waals surface area contributed by atoms with Gasteiger partial charge in [-0.25, -0.2) is 0 Å². The standard InChI is InChI=1S/C16H21NO3S/c1-12(16-4-3-9-21-16)17-10-13(18)11-20-15-7-5-14(19-2)6-8-15/h3-9,12-13,17-18H,10-11H2,1-2H3. The van der Waals surface area contributed by atoms with E-state index in [2.05, 4.69) is 23.7 Å². The van der Waals surface area contributed by atoms with E-state index in [4.69, 9.17) is 9.47 Å². The molecule has 0 aliphatic rings. The highest BCUT2D eigenvalue weighted by Gasteiger charge is 2.10. The average molecular weight is 307 g/mol. The number of methoxy groups -OCH3 is 1. The quantitative estimate of drug-likeness (QED) is 0.787. The maximum absolute atomic E-state index is 9.95. The summed E-state index contributed by atoms with van der Waals surface area (Å²) in [7, 11) is 1.63. The molecule has 1 heterocycles. The molecule has 5 heteroatoms. The predicted molar refractivity (Wildman–Crippen MR) is 85.2 cm³/mol. The lowest BCUT2D eigenvalue weighted by Crippen LogP contribution is -2.32. The third-order valence-corrected chi connectivity index (χ3v) is 4.19. The monoisotopic (exact) mass is 307 g/mol. The Balaban J connectivity index is 1.70. The Morgan fingerprint density at radius 2 is 1.90 bits per heavy atom. The van der Waals surface area contributed by atoms with Crippen molar-refractivity contribution in [3.05, 3.63) is 46.7 Å². The van der Waals surface area contributed by atoms with Crippen LogP contribution in [0.5, 0.6) is 11.5 Å². The summed E-state index contributed by atoms with van der Waals surface area (Å²) >= 11 is 1.71.